The van der Waals surface area contributed by atoms with Gasteiger partial charge in [-0.3, -0.25) is 13.9 Å². The Kier molecular flexibility index (Phi) is 10.1. The molecule has 202 valence electrons. The third-order valence-corrected chi connectivity index (χ3v) is 8.28. The van der Waals surface area contributed by atoms with Gasteiger partial charge >= 0.3 is 0 Å². The standard InChI is InChI=1S/C29H34BrN3O4S/c1-5-27(29(35)31-21(2)3)32(19-23-10-7-6-8-11-23)28(34)20-33(25-13-9-12-24(30)18-25)38(36,37)26-16-14-22(4)15-17-26/h6-18,21,27H,5,19-20H2,1-4H3,(H,31,35). The summed E-state index contributed by atoms with van der Waals surface area (Å²) in [5.74, 6) is -0.752. The lowest BCUT2D eigenvalue weighted by molar-refractivity contribution is -0.140. The highest BCUT2D eigenvalue weighted by Gasteiger charge is 2.33. The summed E-state index contributed by atoms with van der Waals surface area (Å²) >= 11 is 3.41. The molecular weight excluding hydrogens is 566 g/mol. The number of benzene rings is 3. The molecule has 9 heteroatoms. The molecule has 0 aliphatic rings. The highest BCUT2D eigenvalue weighted by atomic mass is 79.9. The number of aryl methyl sites for hydroxylation is 1. The lowest BCUT2D eigenvalue weighted by atomic mass is 10.1. The first-order chi connectivity index (χ1) is 18.0. The summed E-state index contributed by atoms with van der Waals surface area (Å²) in [6.45, 7) is 7.13. The zero-order valence-corrected chi connectivity index (χ0v) is 24.5. The van der Waals surface area contributed by atoms with Crippen LogP contribution in [-0.2, 0) is 26.2 Å². The average molecular weight is 601 g/mol. The molecule has 1 N–H and O–H groups in total. The maximum atomic E-state index is 14.0. The molecule has 7 nitrogen and oxygen atoms in total. The zero-order chi connectivity index (χ0) is 27.9. The molecule has 3 aromatic carbocycles. The van der Waals surface area contributed by atoms with E-state index in [4.69, 9.17) is 0 Å². The number of amides is 2. The van der Waals surface area contributed by atoms with Gasteiger partial charge in [-0.1, -0.05) is 76.9 Å². The van der Waals surface area contributed by atoms with E-state index in [1.165, 1.54) is 17.0 Å². The van der Waals surface area contributed by atoms with Crippen LogP contribution in [-0.4, -0.2) is 43.8 Å². The fraction of sp³-hybridized carbons (Fsp3) is 0.310. The van der Waals surface area contributed by atoms with Crippen molar-refractivity contribution < 1.29 is 18.0 Å². The minimum absolute atomic E-state index is 0.0788. The van der Waals surface area contributed by atoms with E-state index in [9.17, 15) is 18.0 Å². The number of nitrogens with zero attached hydrogens (tertiary/aromatic N) is 2. The van der Waals surface area contributed by atoms with Crippen molar-refractivity contribution >= 4 is 43.5 Å². The minimum Gasteiger partial charge on any atom is -0.352 e. The average Bonchev–Trinajstić information content (AvgIpc) is 2.87. The second-order valence-corrected chi connectivity index (χ2v) is 12.2. The Morgan fingerprint density at radius 2 is 1.61 bits per heavy atom. The zero-order valence-electron chi connectivity index (χ0n) is 22.1. The normalized spacial score (nSPS) is 12.2. The second kappa shape index (κ2) is 13.1. The SMILES string of the molecule is CCC(C(=O)NC(C)C)N(Cc1ccccc1)C(=O)CN(c1cccc(Br)c1)S(=O)(=O)c1ccc(C)cc1. The molecule has 1 unspecified atom stereocenters. The van der Waals surface area contributed by atoms with Gasteiger partial charge in [0.1, 0.15) is 12.6 Å². The van der Waals surface area contributed by atoms with Crippen molar-refractivity contribution in [2.24, 2.45) is 0 Å². The monoisotopic (exact) mass is 599 g/mol. The summed E-state index contributed by atoms with van der Waals surface area (Å²) in [6, 6.07) is 21.8. The largest absolute Gasteiger partial charge is 0.352 e. The maximum Gasteiger partial charge on any atom is 0.264 e. The molecule has 0 saturated carbocycles. The van der Waals surface area contributed by atoms with E-state index in [-0.39, 0.29) is 23.4 Å². The minimum atomic E-state index is -4.10. The van der Waals surface area contributed by atoms with Crippen molar-refractivity contribution in [3.8, 4) is 0 Å². The molecule has 0 aliphatic carbocycles. The molecule has 0 fully saturated rings. The van der Waals surface area contributed by atoms with Crippen molar-refractivity contribution in [3.05, 3.63) is 94.5 Å². The number of halogens is 1. The van der Waals surface area contributed by atoms with Crippen molar-refractivity contribution in [1.29, 1.82) is 0 Å². The van der Waals surface area contributed by atoms with Crippen LogP contribution in [0.1, 0.15) is 38.3 Å². The quantitative estimate of drug-likeness (QED) is 0.324. The van der Waals surface area contributed by atoms with Gasteiger partial charge in [0.2, 0.25) is 11.8 Å². The molecule has 3 aromatic rings. The summed E-state index contributed by atoms with van der Waals surface area (Å²) in [5.41, 5.74) is 2.10. The van der Waals surface area contributed by atoms with Gasteiger partial charge in [-0.15, -0.1) is 0 Å². The topological polar surface area (TPSA) is 86.8 Å². The van der Waals surface area contributed by atoms with Gasteiger partial charge in [0.05, 0.1) is 10.6 Å². The van der Waals surface area contributed by atoms with Crippen LogP contribution in [0.15, 0.2) is 88.2 Å². The Balaban J connectivity index is 2.05. The summed E-state index contributed by atoms with van der Waals surface area (Å²) in [4.78, 5) is 28.6. The highest BCUT2D eigenvalue weighted by Crippen LogP contribution is 2.27. The Labute approximate surface area is 234 Å². The molecular formula is C29H34BrN3O4S. The van der Waals surface area contributed by atoms with Crippen molar-refractivity contribution in [1.82, 2.24) is 10.2 Å². The maximum absolute atomic E-state index is 14.0. The fourth-order valence-electron chi connectivity index (χ4n) is 4.08. The van der Waals surface area contributed by atoms with Crippen LogP contribution >= 0.6 is 15.9 Å². The molecule has 0 aromatic heterocycles. The molecule has 0 bridgehead atoms. The molecule has 38 heavy (non-hydrogen) atoms. The fourth-order valence-corrected chi connectivity index (χ4v) is 5.87. The van der Waals surface area contributed by atoms with Gasteiger partial charge in [-0.05, 0) is 63.1 Å². The van der Waals surface area contributed by atoms with Crippen molar-refractivity contribution in [2.75, 3.05) is 10.8 Å². The number of hydrogen-bond acceptors (Lipinski definition) is 4. The second-order valence-electron chi connectivity index (χ2n) is 9.40. The van der Waals surface area contributed by atoms with Gasteiger partial charge in [0, 0.05) is 17.1 Å². The lowest BCUT2D eigenvalue weighted by Gasteiger charge is -2.33. The van der Waals surface area contributed by atoms with Gasteiger partial charge in [0.15, 0.2) is 0 Å². The first-order valence-corrected chi connectivity index (χ1v) is 14.7. The molecule has 0 aliphatic heterocycles. The molecule has 1 atom stereocenters. The van der Waals surface area contributed by atoms with E-state index in [0.29, 0.717) is 16.6 Å². The van der Waals surface area contributed by atoms with Gasteiger partial charge in [-0.2, -0.15) is 0 Å². The Hall–Kier alpha value is -3.17. The molecule has 2 amide bonds. The third kappa shape index (κ3) is 7.45. The van der Waals surface area contributed by atoms with Crippen molar-refractivity contribution in [3.63, 3.8) is 0 Å². The summed E-state index contributed by atoms with van der Waals surface area (Å²) in [7, 11) is -4.10. The Morgan fingerprint density at radius 3 is 2.18 bits per heavy atom. The summed E-state index contributed by atoms with van der Waals surface area (Å²) in [5, 5.41) is 2.90. The Bertz CT molecular complexity index is 1350. The molecule has 3 rings (SSSR count). The number of nitrogens with one attached hydrogen (secondary N) is 1. The van der Waals surface area contributed by atoms with Crippen molar-refractivity contribution in [2.45, 2.75) is 57.6 Å². The number of sulfonamides is 1. The molecule has 0 radical (unpaired) electrons. The van der Waals surface area contributed by atoms with Crippen LogP contribution in [0.4, 0.5) is 5.69 Å². The smallest absolute Gasteiger partial charge is 0.264 e. The molecule has 0 heterocycles. The number of rotatable bonds is 11. The number of hydrogen-bond donors (Lipinski definition) is 1. The van der Waals surface area contributed by atoms with E-state index in [0.717, 1.165) is 15.4 Å². The van der Waals surface area contributed by atoms with Crippen LogP contribution in [0.3, 0.4) is 0 Å². The van der Waals surface area contributed by atoms with Crippen LogP contribution in [0.5, 0.6) is 0 Å². The van der Waals surface area contributed by atoms with E-state index in [1.54, 1.807) is 36.4 Å². The predicted molar refractivity (Wildman–Crippen MR) is 154 cm³/mol. The predicted octanol–water partition coefficient (Wildman–Crippen LogP) is 5.28. The van der Waals surface area contributed by atoms with Crippen LogP contribution in [0.25, 0.3) is 0 Å². The van der Waals surface area contributed by atoms with Crippen LogP contribution in [0, 0.1) is 6.92 Å². The number of carbonyl (C=O) groups is 2. The van der Waals surface area contributed by atoms with E-state index >= 15 is 0 Å². The van der Waals surface area contributed by atoms with Crippen LogP contribution < -0.4 is 9.62 Å². The highest BCUT2D eigenvalue weighted by molar-refractivity contribution is 9.10. The van der Waals surface area contributed by atoms with Gasteiger partial charge < -0.3 is 10.2 Å². The third-order valence-electron chi connectivity index (χ3n) is 6.00. The Morgan fingerprint density at radius 1 is 0.947 bits per heavy atom. The van der Waals surface area contributed by atoms with Crippen LogP contribution in [0.2, 0.25) is 0 Å². The first kappa shape index (κ1) is 29.4. The van der Waals surface area contributed by atoms with Gasteiger partial charge in [0.25, 0.3) is 10.0 Å². The van der Waals surface area contributed by atoms with Gasteiger partial charge in [-0.25, -0.2) is 8.42 Å². The first-order valence-electron chi connectivity index (χ1n) is 12.5. The lowest BCUT2D eigenvalue weighted by Crippen LogP contribution is -2.53. The summed E-state index contributed by atoms with van der Waals surface area (Å²) in [6.07, 6.45) is 0.374. The number of anilines is 1. The van der Waals surface area contributed by atoms with E-state index in [1.807, 2.05) is 58.0 Å². The van der Waals surface area contributed by atoms with E-state index in [2.05, 4.69) is 21.2 Å². The van der Waals surface area contributed by atoms with E-state index < -0.39 is 28.5 Å². The molecule has 0 spiro atoms. The summed E-state index contributed by atoms with van der Waals surface area (Å²) < 4.78 is 29.5. The molecule has 0 saturated heterocycles. The number of carbonyl (C=O) groups excluding carboxylic acids is 2.